The van der Waals surface area contributed by atoms with Gasteiger partial charge < -0.3 is 15.7 Å². The summed E-state index contributed by atoms with van der Waals surface area (Å²) in [5.41, 5.74) is 1.23. The lowest BCUT2D eigenvalue weighted by Gasteiger charge is -2.09. The maximum atomic E-state index is 12.0. The van der Waals surface area contributed by atoms with Crippen LogP contribution in [0.25, 0.3) is 0 Å². The molecule has 0 aromatic heterocycles. The zero-order valence-electron chi connectivity index (χ0n) is 13.1. The Morgan fingerprint density at radius 3 is 2.32 bits per heavy atom. The molecule has 2 amide bonds. The molecule has 0 aliphatic rings. The number of anilines is 2. The Hall–Kier alpha value is -3.06. The minimum atomic E-state index is -1.20. The smallest absolute Gasteiger partial charge is 0.328 e. The summed E-state index contributed by atoms with van der Waals surface area (Å²) in [4.78, 5) is 34.8. The van der Waals surface area contributed by atoms with E-state index in [4.69, 9.17) is 5.11 Å². The van der Waals surface area contributed by atoms with Gasteiger partial charge in [0.1, 0.15) is 0 Å². The number of aliphatic carboxylic acids is 1. The number of benzene rings is 2. The summed E-state index contributed by atoms with van der Waals surface area (Å²) in [5, 5.41) is 13.9. The monoisotopic (exact) mass is 356 g/mol. The Labute approximate surface area is 148 Å². The van der Waals surface area contributed by atoms with E-state index in [9.17, 15) is 14.4 Å². The molecule has 0 spiro atoms. The second kappa shape index (κ2) is 9.29. The number of rotatable bonds is 7. The summed E-state index contributed by atoms with van der Waals surface area (Å²) in [6.07, 6.45) is 1.70. The van der Waals surface area contributed by atoms with Crippen LogP contribution in [0.2, 0.25) is 0 Å². The topological polar surface area (TPSA) is 95.5 Å². The van der Waals surface area contributed by atoms with E-state index in [-0.39, 0.29) is 11.7 Å². The zero-order valence-corrected chi connectivity index (χ0v) is 14.0. The number of carboxylic acids is 1. The van der Waals surface area contributed by atoms with Crippen molar-refractivity contribution >= 4 is 40.9 Å². The fraction of sp³-hybridized carbons (Fsp3) is 0.0556. The first-order valence-corrected chi connectivity index (χ1v) is 8.32. The SMILES string of the molecule is O=C(O)/C=C/C(=O)Nc1ccccc1SCC(=O)Nc1ccccc1. The number of para-hydroxylation sites is 2. The molecule has 0 aliphatic heterocycles. The van der Waals surface area contributed by atoms with Crippen LogP contribution >= 0.6 is 11.8 Å². The molecule has 0 saturated carbocycles. The molecule has 0 atom stereocenters. The Balaban J connectivity index is 1.95. The van der Waals surface area contributed by atoms with Crippen LogP contribution in [0.1, 0.15) is 0 Å². The maximum Gasteiger partial charge on any atom is 0.328 e. The quantitative estimate of drug-likeness (QED) is 0.524. The minimum Gasteiger partial charge on any atom is -0.478 e. The molecule has 7 heteroatoms. The van der Waals surface area contributed by atoms with Crippen molar-refractivity contribution in [3.8, 4) is 0 Å². The predicted octanol–water partition coefficient (Wildman–Crippen LogP) is 3.00. The van der Waals surface area contributed by atoms with Crippen LogP contribution in [0, 0.1) is 0 Å². The highest BCUT2D eigenvalue weighted by Gasteiger charge is 2.08. The van der Waals surface area contributed by atoms with E-state index < -0.39 is 11.9 Å². The highest BCUT2D eigenvalue weighted by atomic mass is 32.2. The van der Waals surface area contributed by atoms with Gasteiger partial charge in [-0.1, -0.05) is 30.3 Å². The van der Waals surface area contributed by atoms with Crippen LogP contribution < -0.4 is 10.6 Å². The number of carbonyl (C=O) groups excluding carboxylic acids is 2. The summed E-state index contributed by atoms with van der Waals surface area (Å²) in [7, 11) is 0. The second-order valence-corrected chi connectivity index (χ2v) is 5.88. The number of carboxylic acid groups (broad SMARTS) is 1. The van der Waals surface area contributed by atoms with Gasteiger partial charge in [-0.15, -0.1) is 11.8 Å². The molecule has 25 heavy (non-hydrogen) atoms. The Kier molecular flexibility index (Phi) is 6.79. The average Bonchev–Trinajstić information content (AvgIpc) is 2.60. The second-order valence-electron chi connectivity index (χ2n) is 4.86. The standard InChI is InChI=1S/C18H16N2O4S/c21-16(10-11-18(23)24)20-14-8-4-5-9-15(14)25-12-17(22)19-13-6-2-1-3-7-13/h1-11H,12H2,(H,19,22)(H,20,21)(H,23,24)/b11-10+. The minimum absolute atomic E-state index is 0.164. The van der Waals surface area contributed by atoms with Gasteiger partial charge in [0.25, 0.3) is 0 Å². The third-order valence-corrected chi connectivity index (χ3v) is 4.01. The molecular weight excluding hydrogens is 340 g/mol. The van der Waals surface area contributed by atoms with Crippen molar-refractivity contribution in [2.24, 2.45) is 0 Å². The van der Waals surface area contributed by atoms with E-state index >= 15 is 0 Å². The maximum absolute atomic E-state index is 12.0. The van der Waals surface area contributed by atoms with Crippen LogP contribution in [0.4, 0.5) is 11.4 Å². The summed E-state index contributed by atoms with van der Waals surface area (Å²) in [6.45, 7) is 0. The van der Waals surface area contributed by atoms with Gasteiger partial charge in [0, 0.05) is 22.7 Å². The molecule has 0 fully saturated rings. The number of hydrogen-bond acceptors (Lipinski definition) is 4. The van der Waals surface area contributed by atoms with E-state index in [1.165, 1.54) is 11.8 Å². The largest absolute Gasteiger partial charge is 0.478 e. The van der Waals surface area contributed by atoms with Crippen molar-refractivity contribution in [3.05, 3.63) is 66.7 Å². The molecule has 2 rings (SSSR count). The lowest BCUT2D eigenvalue weighted by atomic mass is 10.3. The van der Waals surface area contributed by atoms with Crippen LogP contribution in [0.3, 0.4) is 0 Å². The fourth-order valence-corrected chi connectivity index (χ4v) is 2.69. The molecule has 128 valence electrons. The molecule has 0 aliphatic carbocycles. The van der Waals surface area contributed by atoms with Crippen LogP contribution in [-0.2, 0) is 14.4 Å². The molecule has 3 N–H and O–H groups in total. The fourth-order valence-electron chi connectivity index (χ4n) is 1.88. The molecule has 0 radical (unpaired) electrons. The number of thioether (sulfide) groups is 1. The van der Waals surface area contributed by atoms with Crippen LogP contribution in [0.5, 0.6) is 0 Å². The van der Waals surface area contributed by atoms with Crippen molar-refractivity contribution in [2.45, 2.75) is 4.90 Å². The number of carbonyl (C=O) groups is 3. The van der Waals surface area contributed by atoms with Gasteiger partial charge in [0.15, 0.2) is 0 Å². The average molecular weight is 356 g/mol. The van der Waals surface area contributed by atoms with Crippen molar-refractivity contribution < 1.29 is 19.5 Å². The van der Waals surface area contributed by atoms with E-state index in [1.54, 1.807) is 36.4 Å². The van der Waals surface area contributed by atoms with Gasteiger partial charge in [-0.25, -0.2) is 4.79 Å². The molecule has 2 aromatic carbocycles. The molecule has 0 saturated heterocycles. The summed E-state index contributed by atoms with van der Waals surface area (Å²) < 4.78 is 0. The van der Waals surface area contributed by atoms with Crippen LogP contribution in [-0.4, -0.2) is 28.6 Å². The van der Waals surface area contributed by atoms with Gasteiger partial charge in [-0.05, 0) is 24.3 Å². The van der Waals surface area contributed by atoms with E-state index in [2.05, 4.69) is 10.6 Å². The van der Waals surface area contributed by atoms with E-state index in [0.29, 0.717) is 16.3 Å². The summed E-state index contributed by atoms with van der Waals surface area (Å²) in [5.74, 6) is -1.74. The third kappa shape index (κ3) is 6.52. The van der Waals surface area contributed by atoms with Gasteiger partial charge in [-0.2, -0.15) is 0 Å². The molecular formula is C18H16N2O4S. The lowest BCUT2D eigenvalue weighted by Crippen LogP contribution is -2.14. The Morgan fingerprint density at radius 1 is 0.920 bits per heavy atom. The summed E-state index contributed by atoms with van der Waals surface area (Å²) >= 11 is 1.27. The van der Waals surface area contributed by atoms with Crippen molar-refractivity contribution in [3.63, 3.8) is 0 Å². The van der Waals surface area contributed by atoms with Gasteiger partial charge in [0.2, 0.25) is 11.8 Å². The first-order valence-electron chi connectivity index (χ1n) is 7.33. The number of hydrogen-bond donors (Lipinski definition) is 3. The molecule has 2 aromatic rings. The number of nitrogens with one attached hydrogen (secondary N) is 2. The lowest BCUT2D eigenvalue weighted by molar-refractivity contribution is -0.131. The normalized spacial score (nSPS) is 10.4. The molecule has 0 heterocycles. The molecule has 6 nitrogen and oxygen atoms in total. The van der Waals surface area contributed by atoms with Crippen molar-refractivity contribution in [1.29, 1.82) is 0 Å². The van der Waals surface area contributed by atoms with Gasteiger partial charge in [0.05, 0.1) is 11.4 Å². The van der Waals surface area contributed by atoms with Gasteiger partial charge >= 0.3 is 5.97 Å². The third-order valence-electron chi connectivity index (χ3n) is 2.94. The van der Waals surface area contributed by atoms with Crippen molar-refractivity contribution in [1.82, 2.24) is 0 Å². The highest BCUT2D eigenvalue weighted by molar-refractivity contribution is 8.00. The molecule has 0 unspecified atom stereocenters. The Bertz CT molecular complexity index is 791. The Morgan fingerprint density at radius 2 is 1.60 bits per heavy atom. The zero-order chi connectivity index (χ0) is 18.1. The molecule has 0 bridgehead atoms. The first kappa shape index (κ1) is 18.3. The predicted molar refractivity (Wildman–Crippen MR) is 97.6 cm³/mol. The van der Waals surface area contributed by atoms with Crippen molar-refractivity contribution in [2.75, 3.05) is 16.4 Å². The highest BCUT2D eigenvalue weighted by Crippen LogP contribution is 2.27. The summed E-state index contributed by atoms with van der Waals surface area (Å²) in [6, 6.07) is 16.1. The number of amides is 2. The van der Waals surface area contributed by atoms with Gasteiger partial charge in [-0.3, -0.25) is 9.59 Å². The van der Waals surface area contributed by atoms with Crippen LogP contribution in [0.15, 0.2) is 71.6 Å². The van der Waals surface area contributed by atoms with E-state index in [1.807, 2.05) is 18.2 Å². The van der Waals surface area contributed by atoms with E-state index in [0.717, 1.165) is 12.2 Å². The first-order chi connectivity index (χ1) is 12.0.